The molecule has 0 aliphatic carbocycles. The van der Waals surface area contributed by atoms with E-state index < -0.39 is 5.41 Å². The number of para-hydroxylation sites is 1. The van der Waals surface area contributed by atoms with E-state index in [1.165, 1.54) is 0 Å². The normalized spacial score (nSPS) is 12.1. The van der Waals surface area contributed by atoms with Crippen molar-refractivity contribution in [1.82, 2.24) is 0 Å². The molecule has 0 heterocycles. The molecule has 0 N–H and O–H groups in total. The number of hydrogen-bond donors (Lipinski definition) is 0. The van der Waals surface area contributed by atoms with Crippen molar-refractivity contribution in [3.63, 3.8) is 0 Å². The van der Waals surface area contributed by atoms with Crippen LogP contribution >= 0.6 is 11.6 Å². The molecule has 0 aromatic heterocycles. The molecule has 3 heteroatoms. The third-order valence-electron chi connectivity index (χ3n) is 4.36. The smallest absolute Gasteiger partial charge is 0.127 e. The summed E-state index contributed by atoms with van der Waals surface area (Å²) in [4.78, 5) is 0. The Kier molecular flexibility index (Phi) is 5.98. The SMILES string of the molecule is CC(C)(C=C(F)Cc1cccc(Oc2ccccc2)c1)c1ccc(Cl)cc1. The summed E-state index contributed by atoms with van der Waals surface area (Å²) < 4.78 is 20.5. The van der Waals surface area contributed by atoms with E-state index in [0.717, 1.165) is 16.9 Å². The molecule has 0 radical (unpaired) electrons. The van der Waals surface area contributed by atoms with Crippen LogP contribution in [0.4, 0.5) is 4.39 Å². The van der Waals surface area contributed by atoms with Gasteiger partial charge in [-0.2, -0.15) is 0 Å². The zero-order valence-electron chi connectivity index (χ0n) is 15.5. The van der Waals surface area contributed by atoms with Gasteiger partial charge < -0.3 is 4.74 Å². The molecule has 3 aromatic rings. The van der Waals surface area contributed by atoms with Gasteiger partial charge in [0.15, 0.2) is 0 Å². The van der Waals surface area contributed by atoms with Crippen molar-refractivity contribution in [2.24, 2.45) is 0 Å². The van der Waals surface area contributed by atoms with Gasteiger partial charge in [-0.25, -0.2) is 4.39 Å². The van der Waals surface area contributed by atoms with E-state index in [-0.39, 0.29) is 12.2 Å². The maximum absolute atomic E-state index is 14.7. The Morgan fingerprint density at radius 1 is 0.926 bits per heavy atom. The average molecular weight is 381 g/mol. The monoisotopic (exact) mass is 380 g/mol. The van der Waals surface area contributed by atoms with E-state index in [1.807, 2.05) is 92.7 Å². The summed E-state index contributed by atoms with van der Waals surface area (Å²) in [5.41, 5.74) is 1.46. The summed E-state index contributed by atoms with van der Waals surface area (Å²) in [6.07, 6.45) is 1.89. The fourth-order valence-corrected chi connectivity index (χ4v) is 3.07. The number of rotatable bonds is 6. The van der Waals surface area contributed by atoms with Crippen LogP contribution in [-0.2, 0) is 11.8 Å². The van der Waals surface area contributed by atoms with E-state index in [0.29, 0.717) is 10.8 Å². The first kappa shape index (κ1) is 19.2. The quantitative estimate of drug-likeness (QED) is 0.430. The summed E-state index contributed by atoms with van der Waals surface area (Å²) in [5, 5.41) is 0.675. The van der Waals surface area contributed by atoms with Gasteiger partial charge in [0.25, 0.3) is 0 Å². The fraction of sp³-hybridized carbons (Fsp3) is 0.167. The molecule has 0 saturated carbocycles. The third kappa shape index (κ3) is 5.45. The molecule has 0 spiro atoms. The minimum Gasteiger partial charge on any atom is -0.457 e. The Morgan fingerprint density at radius 2 is 1.59 bits per heavy atom. The highest BCUT2D eigenvalue weighted by Crippen LogP contribution is 2.29. The van der Waals surface area contributed by atoms with E-state index in [2.05, 4.69) is 0 Å². The van der Waals surface area contributed by atoms with Crippen molar-refractivity contribution in [2.75, 3.05) is 0 Å². The molecule has 0 fully saturated rings. The molecule has 0 unspecified atom stereocenters. The van der Waals surface area contributed by atoms with Crippen LogP contribution in [0.3, 0.4) is 0 Å². The fourth-order valence-electron chi connectivity index (χ4n) is 2.94. The van der Waals surface area contributed by atoms with Crippen LogP contribution in [-0.4, -0.2) is 0 Å². The molecule has 3 rings (SSSR count). The second-order valence-corrected chi connectivity index (χ2v) is 7.50. The summed E-state index contributed by atoms with van der Waals surface area (Å²) in [6.45, 7) is 3.98. The van der Waals surface area contributed by atoms with Crippen LogP contribution < -0.4 is 4.74 Å². The van der Waals surface area contributed by atoms with E-state index >= 15 is 0 Å². The summed E-state index contributed by atoms with van der Waals surface area (Å²) >= 11 is 5.95. The standard InChI is InChI=1S/C24H22ClFO/c1-24(2,19-11-13-20(25)14-12-19)17-21(26)15-18-7-6-10-23(16-18)27-22-8-4-3-5-9-22/h3-14,16-17H,15H2,1-2H3. The van der Waals surface area contributed by atoms with Crippen molar-refractivity contribution in [3.05, 3.63) is 107 Å². The number of halogens is 2. The Balaban J connectivity index is 1.73. The van der Waals surface area contributed by atoms with E-state index in [1.54, 1.807) is 6.08 Å². The average Bonchev–Trinajstić information content (AvgIpc) is 2.62. The largest absolute Gasteiger partial charge is 0.457 e. The lowest BCUT2D eigenvalue weighted by molar-refractivity contribution is 0.481. The lowest BCUT2D eigenvalue weighted by Crippen LogP contribution is -2.14. The molecule has 0 bridgehead atoms. The molecule has 27 heavy (non-hydrogen) atoms. The van der Waals surface area contributed by atoms with Gasteiger partial charge in [-0.15, -0.1) is 0 Å². The highest BCUT2D eigenvalue weighted by atomic mass is 35.5. The molecule has 0 atom stereocenters. The first-order chi connectivity index (χ1) is 12.9. The molecular weight excluding hydrogens is 359 g/mol. The Bertz CT molecular complexity index is 915. The van der Waals surface area contributed by atoms with Gasteiger partial charge in [0.1, 0.15) is 17.3 Å². The Labute approximate surface area is 165 Å². The third-order valence-corrected chi connectivity index (χ3v) is 4.61. The van der Waals surface area contributed by atoms with Gasteiger partial charge in [0.05, 0.1) is 0 Å². The second-order valence-electron chi connectivity index (χ2n) is 7.06. The molecule has 0 aliphatic rings. The van der Waals surface area contributed by atoms with Gasteiger partial charge in [-0.05, 0) is 53.6 Å². The van der Waals surface area contributed by atoms with Crippen LogP contribution in [0.15, 0.2) is 90.8 Å². The summed E-state index contributed by atoms with van der Waals surface area (Å²) in [7, 11) is 0. The Morgan fingerprint density at radius 3 is 2.30 bits per heavy atom. The van der Waals surface area contributed by atoms with Crippen molar-refractivity contribution in [3.8, 4) is 11.5 Å². The molecule has 0 aliphatic heterocycles. The predicted octanol–water partition coefficient (Wildman–Crippen LogP) is 7.51. The van der Waals surface area contributed by atoms with Crippen LogP contribution in [0.1, 0.15) is 25.0 Å². The first-order valence-electron chi connectivity index (χ1n) is 8.87. The van der Waals surface area contributed by atoms with Crippen LogP contribution in [0.2, 0.25) is 5.02 Å². The summed E-state index contributed by atoms with van der Waals surface area (Å²) in [5.74, 6) is 1.28. The van der Waals surface area contributed by atoms with Crippen molar-refractivity contribution in [2.45, 2.75) is 25.7 Å². The van der Waals surface area contributed by atoms with Gasteiger partial charge >= 0.3 is 0 Å². The molecule has 1 nitrogen and oxygen atoms in total. The topological polar surface area (TPSA) is 9.23 Å². The highest BCUT2D eigenvalue weighted by molar-refractivity contribution is 6.30. The van der Waals surface area contributed by atoms with Crippen molar-refractivity contribution >= 4 is 11.6 Å². The zero-order chi connectivity index (χ0) is 19.3. The van der Waals surface area contributed by atoms with E-state index in [9.17, 15) is 4.39 Å². The number of allylic oxidation sites excluding steroid dienone is 2. The first-order valence-corrected chi connectivity index (χ1v) is 9.25. The van der Waals surface area contributed by atoms with Crippen LogP contribution in [0.25, 0.3) is 0 Å². The predicted molar refractivity (Wildman–Crippen MR) is 110 cm³/mol. The van der Waals surface area contributed by atoms with Crippen LogP contribution in [0, 0.1) is 0 Å². The van der Waals surface area contributed by atoms with Gasteiger partial charge in [-0.3, -0.25) is 0 Å². The number of ether oxygens (including phenoxy) is 1. The molecule has 3 aromatic carbocycles. The lowest BCUT2D eigenvalue weighted by Gasteiger charge is -2.21. The molecule has 138 valence electrons. The van der Waals surface area contributed by atoms with Crippen molar-refractivity contribution < 1.29 is 9.13 Å². The summed E-state index contributed by atoms with van der Waals surface area (Å²) in [6, 6.07) is 24.6. The van der Waals surface area contributed by atoms with Gasteiger partial charge in [0, 0.05) is 16.9 Å². The van der Waals surface area contributed by atoms with Gasteiger partial charge in [0.2, 0.25) is 0 Å². The minimum atomic E-state index is -0.424. The second kappa shape index (κ2) is 8.41. The molecular formula is C24H22ClFO. The molecule has 0 amide bonds. The van der Waals surface area contributed by atoms with Crippen LogP contribution in [0.5, 0.6) is 11.5 Å². The number of hydrogen-bond acceptors (Lipinski definition) is 1. The van der Waals surface area contributed by atoms with Crippen molar-refractivity contribution in [1.29, 1.82) is 0 Å². The molecule has 0 saturated heterocycles. The maximum atomic E-state index is 14.7. The number of benzene rings is 3. The maximum Gasteiger partial charge on any atom is 0.127 e. The Hall–Kier alpha value is -2.58. The minimum absolute atomic E-state index is 0.174. The lowest BCUT2D eigenvalue weighted by atomic mass is 9.84. The zero-order valence-corrected chi connectivity index (χ0v) is 16.2. The highest BCUT2D eigenvalue weighted by Gasteiger charge is 2.19. The van der Waals surface area contributed by atoms with E-state index in [4.69, 9.17) is 16.3 Å². The van der Waals surface area contributed by atoms with Gasteiger partial charge in [-0.1, -0.05) is 67.9 Å².